The first kappa shape index (κ1) is 40.7. The van der Waals surface area contributed by atoms with Crippen molar-refractivity contribution in [1.82, 2.24) is 8.83 Å². The summed E-state index contributed by atoms with van der Waals surface area (Å²) in [5.41, 5.74) is 0. The van der Waals surface area contributed by atoms with Crippen LogP contribution in [0.3, 0.4) is 0 Å². The highest BCUT2D eigenvalue weighted by atomic mass is 32.2. The molecule has 0 aromatic rings. The average Bonchev–Trinajstić information content (AvgIpc) is 2.84. The molecule has 0 aromatic heterocycles. The Morgan fingerprint density at radius 3 is 1.21 bits per heavy atom. The van der Waals surface area contributed by atoms with E-state index in [0.29, 0.717) is 0 Å². The predicted octanol–water partition coefficient (Wildman–Crippen LogP) is 5.58. The van der Waals surface area contributed by atoms with E-state index in [9.17, 15) is 87.5 Å². The number of alkyl halides is 17. The Balaban J connectivity index is 6.58. The second-order valence-electron chi connectivity index (χ2n) is 7.93. The van der Waals surface area contributed by atoms with Gasteiger partial charge in [-0.25, -0.2) is 0 Å². The first-order valence-corrected chi connectivity index (χ1v) is 13.3. The SMILES string of the molecule is CO[Si](CCCN(C)S(=O)(=O)N(F)C(F)(F)C(F)(F)C(F)(F)C(F)(F)C(F)(F)C(F)(F)C(F)(F)C(F)(F)F)(OC)OC. The number of hydrogen-bond donors (Lipinski definition) is 0. The zero-order valence-electron chi connectivity index (χ0n) is 20.8. The molecule has 0 amide bonds. The van der Waals surface area contributed by atoms with Crippen molar-refractivity contribution in [1.29, 1.82) is 0 Å². The molecule has 0 aromatic carbocycles. The summed E-state index contributed by atoms with van der Waals surface area (Å²) in [6, 6.07) is -8.37. The summed E-state index contributed by atoms with van der Waals surface area (Å²) in [5.74, 6) is -52.5. The van der Waals surface area contributed by atoms with Gasteiger partial charge in [-0.15, -0.1) is 4.48 Å². The fraction of sp³-hybridized carbons (Fsp3) is 1.00. The van der Waals surface area contributed by atoms with E-state index >= 15 is 0 Å². The fourth-order valence-electron chi connectivity index (χ4n) is 2.72. The zero-order valence-corrected chi connectivity index (χ0v) is 22.6. The Morgan fingerprint density at radius 2 is 0.905 bits per heavy atom. The lowest BCUT2D eigenvalue weighted by atomic mass is 9.90. The Labute approximate surface area is 224 Å². The van der Waals surface area contributed by atoms with Crippen LogP contribution in [0, 0.1) is 0 Å². The molecule has 0 fully saturated rings. The van der Waals surface area contributed by atoms with Gasteiger partial charge in [0.15, 0.2) is 0 Å². The molecule has 0 unspecified atom stereocenters. The van der Waals surface area contributed by atoms with Crippen LogP contribution in [0.2, 0.25) is 6.04 Å². The van der Waals surface area contributed by atoms with Crippen molar-refractivity contribution in [3.8, 4) is 0 Å². The van der Waals surface area contributed by atoms with Crippen molar-refractivity contribution in [3.05, 3.63) is 0 Å². The van der Waals surface area contributed by atoms with Crippen molar-refractivity contribution in [2.45, 2.75) is 60.2 Å². The van der Waals surface area contributed by atoms with E-state index in [1.54, 1.807) is 0 Å². The third-order valence-corrected chi connectivity index (χ3v) is 9.85. The van der Waals surface area contributed by atoms with Crippen LogP contribution >= 0.6 is 0 Å². The van der Waals surface area contributed by atoms with Crippen LogP contribution in [-0.4, -0.2) is 109 Å². The summed E-state index contributed by atoms with van der Waals surface area (Å²) in [6.07, 6.45) is -8.58. The predicted molar refractivity (Wildman–Crippen MR) is 101 cm³/mol. The van der Waals surface area contributed by atoms with E-state index in [0.717, 1.165) is 21.3 Å². The third kappa shape index (κ3) is 6.01. The first-order chi connectivity index (χ1) is 18.2. The van der Waals surface area contributed by atoms with Crippen molar-refractivity contribution in [2.24, 2.45) is 0 Å². The van der Waals surface area contributed by atoms with E-state index in [1.165, 1.54) is 0 Å². The molecule has 0 rings (SSSR count). The maximum Gasteiger partial charge on any atom is 0.500 e. The lowest BCUT2D eigenvalue weighted by Gasteiger charge is -2.43. The molecule has 0 heterocycles. The summed E-state index contributed by atoms with van der Waals surface area (Å²) in [4.78, 5) is 0. The summed E-state index contributed by atoms with van der Waals surface area (Å²) in [5, 5.41) is 0. The molecule has 0 bridgehead atoms. The van der Waals surface area contributed by atoms with E-state index in [2.05, 4.69) is 0 Å². The van der Waals surface area contributed by atoms with Crippen LogP contribution in [0.1, 0.15) is 6.42 Å². The van der Waals surface area contributed by atoms with Gasteiger partial charge in [-0.1, -0.05) is 0 Å². The molecule has 0 N–H and O–H groups in total. The number of rotatable bonds is 16. The zero-order chi connectivity index (χ0) is 34.4. The van der Waals surface area contributed by atoms with Gasteiger partial charge >= 0.3 is 66.8 Å². The Bertz CT molecular complexity index is 1030. The molecule has 42 heavy (non-hydrogen) atoms. The second kappa shape index (κ2) is 11.9. The van der Waals surface area contributed by atoms with Gasteiger partial charge in [0, 0.05) is 41.0 Å². The van der Waals surface area contributed by atoms with Crippen LogP contribution in [0.4, 0.5) is 79.1 Å². The Hall–Kier alpha value is -1.29. The summed E-state index contributed by atoms with van der Waals surface area (Å²) >= 11 is 0. The summed E-state index contributed by atoms with van der Waals surface area (Å²) in [7, 11) is -7.32. The fourth-order valence-corrected chi connectivity index (χ4v) is 5.44. The monoisotopic (exact) mass is 708 g/mol. The van der Waals surface area contributed by atoms with Crippen molar-refractivity contribution in [3.63, 3.8) is 0 Å². The van der Waals surface area contributed by atoms with Crippen molar-refractivity contribution >= 4 is 19.0 Å². The molecule has 0 aliphatic rings. The molecule has 0 radical (unpaired) electrons. The van der Waals surface area contributed by atoms with E-state index in [4.69, 9.17) is 13.3 Å². The molecule has 254 valence electrons. The normalized spacial score (nSPS) is 16.1. The van der Waals surface area contributed by atoms with E-state index in [-0.39, 0.29) is 7.05 Å². The number of hydrogen-bond acceptors (Lipinski definition) is 5. The van der Waals surface area contributed by atoms with E-state index in [1.807, 2.05) is 0 Å². The quantitative estimate of drug-likeness (QED) is 0.0907. The molecular weight excluding hydrogens is 690 g/mol. The van der Waals surface area contributed by atoms with Crippen LogP contribution in [-0.2, 0) is 23.5 Å². The topological polar surface area (TPSA) is 68.3 Å². The minimum atomic E-state index is -8.99. The highest BCUT2D eigenvalue weighted by molar-refractivity contribution is 7.86. The highest BCUT2D eigenvalue weighted by Gasteiger charge is 2.96. The molecule has 0 aliphatic heterocycles. The van der Waals surface area contributed by atoms with Gasteiger partial charge in [0.1, 0.15) is 0 Å². The molecule has 0 saturated carbocycles. The molecule has 0 saturated heterocycles. The Kier molecular flexibility index (Phi) is 11.5. The van der Waals surface area contributed by atoms with Gasteiger partial charge in [-0.2, -0.15) is 87.4 Å². The first-order valence-electron chi connectivity index (χ1n) is 10.0. The average molecular weight is 708 g/mol. The second-order valence-corrected chi connectivity index (χ2v) is 12.9. The minimum Gasteiger partial charge on any atom is -0.377 e. The lowest BCUT2D eigenvalue weighted by molar-refractivity contribution is -0.469. The minimum absolute atomic E-state index is 0.0897. The third-order valence-electron chi connectivity index (χ3n) is 5.41. The smallest absolute Gasteiger partial charge is 0.377 e. The molecule has 0 spiro atoms. The van der Waals surface area contributed by atoms with Gasteiger partial charge in [0.2, 0.25) is 0 Å². The van der Waals surface area contributed by atoms with Gasteiger partial charge in [-0.3, -0.25) is 0 Å². The largest absolute Gasteiger partial charge is 0.500 e. The molecular formula is C15H18F18N2O5SSi. The van der Waals surface area contributed by atoms with Crippen molar-refractivity contribution in [2.75, 3.05) is 34.9 Å². The molecule has 27 heteroatoms. The van der Waals surface area contributed by atoms with Gasteiger partial charge in [-0.05, 0) is 6.42 Å². The standard InChI is InChI=1S/C15H18F18N2O5SSi/c1-34(6-5-7-42(38-2,39-3)40-4)41(36,37)35(33)15(31,32)13(26,27)11(22,23)9(18,19)8(16,17)10(20,21)12(24,25)14(28,29)30/h5-7H2,1-4H3. The van der Waals surface area contributed by atoms with Crippen LogP contribution in [0.5, 0.6) is 0 Å². The maximum atomic E-state index is 14.1. The van der Waals surface area contributed by atoms with Crippen LogP contribution < -0.4 is 0 Å². The summed E-state index contributed by atoms with van der Waals surface area (Å²) in [6.45, 7) is -1.22. The highest BCUT2D eigenvalue weighted by Crippen LogP contribution is 2.64. The number of nitrogens with zero attached hydrogens (tertiary/aromatic N) is 2. The molecule has 7 nitrogen and oxygen atoms in total. The van der Waals surface area contributed by atoms with Gasteiger partial charge < -0.3 is 13.3 Å². The van der Waals surface area contributed by atoms with Crippen LogP contribution in [0.15, 0.2) is 0 Å². The molecule has 0 aliphatic carbocycles. The lowest BCUT2D eigenvalue weighted by Crippen LogP contribution is -2.75. The van der Waals surface area contributed by atoms with E-state index < -0.39 is 94.6 Å². The number of halogens is 18. The van der Waals surface area contributed by atoms with Gasteiger partial charge in [0.05, 0.1) is 4.53 Å². The molecule has 0 atom stereocenters. The maximum absolute atomic E-state index is 14.1. The van der Waals surface area contributed by atoms with Gasteiger partial charge in [0.25, 0.3) is 0 Å². The summed E-state index contributed by atoms with van der Waals surface area (Å²) < 4.78 is 275. The Morgan fingerprint density at radius 1 is 0.595 bits per heavy atom. The van der Waals surface area contributed by atoms with Crippen molar-refractivity contribution < 1.29 is 101 Å². The van der Waals surface area contributed by atoms with Crippen LogP contribution in [0.25, 0.3) is 0 Å².